The Balaban J connectivity index is 0.000000310. The third-order valence-electron chi connectivity index (χ3n) is 1.16. The van der Waals surface area contributed by atoms with Crippen molar-refractivity contribution in [2.45, 2.75) is 6.92 Å². The summed E-state index contributed by atoms with van der Waals surface area (Å²) in [7, 11) is 0. The SMILES string of the molecule is CC=Cc1ccccc1.NC(N)=S. The molecule has 0 aliphatic rings. The van der Waals surface area contributed by atoms with Gasteiger partial charge in [-0.1, -0.05) is 42.5 Å². The standard InChI is InChI=1S/C9H10.CH4N2S/c1-2-6-9-7-4-3-5-8-9;2-1(3)4/h2-8H,1H3;(H4,2,3,4). The minimum Gasteiger partial charge on any atom is -0.377 e. The predicted octanol–water partition coefficient (Wildman–Crippen LogP) is 1.91. The number of benzene rings is 1. The molecule has 13 heavy (non-hydrogen) atoms. The third kappa shape index (κ3) is 8.56. The molecular formula is C10H14N2S. The summed E-state index contributed by atoms with van der Waals surface area (Å²) < 4.78 is 0. The van der Waals surface area contributed by atoms with Crippen LogP contribution < -0.4 is 11.5 Å². The van der Waals surface area contributed by atoms with Gasteiger partial charge in [0.15, 0.2) is 5.11 Å². The molecule has 0 amide bonds. The summed E-state index contributed by atoms with van der Waals surface area (Å²) in [4.78, 5) is 0. The fourth-order valence-corrected chi connectivity index (χ4v) is 0.757. The maximum Gasteiger partial charge on any atom is 0.160 e. The Morgan fingerprint density at radius 3 is 2.08 bits per heavy atom. The molecule has 0 atom stereocenters. The quantitative estimate of drug-likeness (QED) is 0.671. The summed E-state index contributed by atoms with van der Waals surface area (Å²) in [5, 5.41) is 0.000000000000000222. The van der Waals surface area contributed by atoms with Gasteiger partial charge in [0.2, 0.25) is 0 Å². The molecule has 0 aliphatic heterocycles. The van der Waals surface area contributed by atoms with Crippen molar-refractivity contribution in [1.29, 1.82) is 0 Å². The van der Waals surface area contributed by atoms with E-state index in [4.69, 9.17) is 0 Å². The van der Waals surface area contributed by atoms with E-state index < -0.39 is 0 Å². The lowest BCUT2D eigenvalue weighted by Gasteiger charge is -1.86. The van der Waals surface area contributed by atoms with Gasteiger partial charge < -0.3 is 11.5 Å². The van der Waals surface area contributed by atoms with Crippen LogP contribution in [-0.4, -0.2) is 5.11 Å². The third-order valence-corrected chi connectivity index (χ3v) is 1.16. The molecule has 2 nitrogen and oxygen atoms in total. The highest BCUT2D eigenvalue weighted by Gasteiger charge is 1.77. The zero-order chi connectivity index (χ0) is 10.1. The molecule has 70 valence electrons. The van der Waals surface area contributed by atoms with Gasteiger partial charge in [-0.15, -0.1) is 0 Å². The second-order valence-corrected chi connectivity index (χ2v) is 2.78. The van der Waals surface area contributed by atoms with Gasteiger partial charge in [0.05, 0.1) is 0 Å². The predicted molar refractivity (Wildman–Crippen MR) is 62.1 cm³/mol. The van der Waals surface area contributed by atoms with Crippen molar-refractivity contribution in [3.8, 4) is 0 Å². The van der Waals surface area contributed by atoms with Crippen LogP contribution in [0.3, 0.4) is 0 Å². The van der Waals surface area contributed by atoms with E-state index in [0.717, 1.165) is 0 Å². The molecule has 0 saturated carbocycles. The maximum absolute atomic E-state index is 4.62. The summed E-state index contributed by atoms with van der Waals surface area (Å²) in [5.41, 5.74) is 10.5. The molecule has 0 saturated heterocycles. The molecule has 0 spiro atoms. The van der Waals surface area contributed by atoms with Crippen LogP contribution in [0.25, 0.3) is 6.08 Å². The highest BCUT2D eigenvalue weighted by Crippen LogP contribution is 1.99. The lowest BCUT2D eigenvalue weighted by atomic mass is 10.2. The minimum atomic E-state index is 0.000000000000000222. The average Bonchev–Trinajstić information content (AvgIpc) is 2.06. The van der Waals surface area contributed by atoms with E-state index in [1.807, 2.05) is 31.2 Å². The average molecular weight is 194 g/mol. The van der Waals surface area contributed by atoms with Crippen molar-refractivity contribution in [3.63, 3.8) is 0 Å². The number of hydrogen-bond donors (Lipinski definition) is 2. The van der Waals surface area contributed by atoms with Crippen LogP contribution in [0.4, 0.5) is 0 Å². The zero-order valence-corrected chi connectivity index (χ0v) is 8.42. The Hall–Kier alpha value is -1.35. The Labute approximate surface area is 84.2 Å². The lowest BCUT2D eigenvalue weighted by Crippen LogP contribution is -2.18. The normalized spacial score (nSPS) is 9.00. The van der Waals surface area contributed by atoms with Crippen LogP contribution in [0.15, 0.2) is 36.4 Å². The van der Waals surface area contributed by atoms with Crippen LogP contribution in [0.5, 0.6) is 0 Å². The summed E-state index contributed by atoms with van der Waals surface area (Å²) in [6, 6.07) is 10.3. The van der Waals surface area contributed by atoms with Crippen molar-refractivity contribution >= 4 is 23.4 Å². The van der Waals surface area contributed by atoms with Gasteiger partial charge >= 0.3 is 0 Å². The Bertz CT molecular complexity index is 264. The van der Waals surface area contributed by atoms with Gasteiger partial charge in [-0.2, -0.15) is 0 Å². The van der Waals surface area contributed by atoms with Crippen molar-refractivity contribution in [3.05, 3.63) is 42.0 Å². The van der Waals surface area contributed by atoms with E-state index in [2.05, 4.69) is 41.9 Å². The van der Waals surface area contributed by atoms with Gasteiger partial charge in [0.25, 0.3) is 0 Å². The van der Waals surface area contributed by atoms with Crippen molar-refractivity contribution < 1.29 is 0 Å². The first-order chi connectivity index (χ1) is 6.16. The number of allylic oxidation sites excluding steroid dienone is 1. The number of rotatable bonds is 1. The first kappa shape index (κ1) is 11.6. The molecule has 0 fully saturated rings. The maximum atomic E-state index is 4.62. The van der Waals surface area contributed by atoms with Gasteiger partial charge in [-0.3, -0.25) is 0 Å². The number of nitrogens with two attached hydrogens (primary N) is 2. The van der Waals surface area contributed by atoms with Crippen LogP contribution in [0, 0.1) is 0 Å². The topological polar surface area (TPSA) is 52.0 Å². The fourth-order valence-electron chi connectivity index (χ4n) is 0.757. The fraction of sp³-hybridized carbons (Fsp3) is 0.100. The molecule has 0 unspecified atom stereocenters. The molecule has 3 heteroatoms. The van der Waals surface area contributed by atoms with E-state index in [1.165, 1.54) is 5.56 Å². The van der Waals surface area contributed by atoms with Crippen LogP contribution >= 0.6 is 12.2 Å². The number of thiocarbonyl (C=S) groups is 1. The number of hydrogen-bond acceptors (Lipinski definition) is 1. The Morgan fingerprint density at radius 2 is 1.69 bits per heavy atom. The second-order valence-electron chi connectivity index (χ2n) is 2.31. The molecule has 4 N–H and O–H groups in total. The summed E-state index contributed by atoms with van der Waals surface area (Å²) in [6.45, 7) is 2.02. The highest BCUT2D eigenvalue weighted by molar-refractivity contribution is 7.80. The van der Waals surface area contributed by atoms with E-state index in [9.17, 15) is 0 Å². The van der Waals surface area contributed by atoms with Gasteiger partial charge in [-0.25, -0.2) is 0 Å². The van der Waals surface area contributed by atoms with Crippen molar-refractivity contribution in [2.75, 3.05) is 0 Å². The summed E-state index contributed by atoms with van der Waals surface area (Å²) >= 11 is 4.09. The van der Waals surface area contributed by atoms with Gasteiger partial charge in [-0.05, 0) is 24.7 Å². The molecule has 0 aromatic heterocycles. The van der Waals surface area contributed by atoms with Crippen molar-refractivity contribution in [1.82, 2.24) is 0 Å². The first-order valence-electron chi connectivity index (χ1n) is 3.89. The Morgan fingerprint density at radius 1 is 1.23 bits per heavy atom. The van der Waals surface area contributed by atoms with Crippen LogP contribution in [0.1, 0.15) is 12.5 Å². The molecule has 0 aliphatic carbocycles. The largest absolute Gasteiger partial charge is 0.377 e. The van der Waals surface area contributed by atoms with E-state index >= 15 is 0 Å². The van der Waals surface area contributed by atoms with Crippen molar-refractivity contribution in [2.24, 2.45) is 11.5 Å². The van der Waals surface area contributed by atoms with E-state index in [1.54, 1.807) is 0 Å². The van der Waals surface area contributed by atoms with Gasteiger partial charge in [0.1, 0.15) is 0 Å². The molecule has 0 radical (unpaired) electrons. The second kappa shape index (κ2) is 7.31. The monoisotopic (exact) mass is 194 g/mol. The molecule has 0 bridgehead atoms. The molecule has 1 aromatic carbocycles. The summed E-state index contributed by atoms with van der Waals surface area (Å²) in [6.07, 6.45) is 4.12. The van der Waals surface area contributed by atoms with E-state index in [0.29, 0.717) is 0 Å². The molecule has 0 heterocycles. The zero-order valence-electron chi connectivity index (χ0n) is 7.60. The van der Waals surface area contributed by atoms with E-state index in [-0.39, 0.29) is 5.11 Å². The Kier molecular flexibility index (Phi) is 6.55. The van der Waals surface area contributed by atoms with Crippen LogP contribution in [-0.2, 0) is 0 Å². The molecule has 1 rings (SSSR count). The van der Waals surface area contributed by atoms with Gasteiger partial charge in [0, 0.05) is 0 Å². The van der Waals surface area contributed by atoms with Crippen LogP contribution in [0.2, 0.25) is 0 Å². The lowest BCUT2D eigenvalue weighted by molar-refractivity contribution is 1.64. The highest BCUT2D eigenvalue weighted by atomic mass is 32.1. The summed E-state index contributed by atoms with van der Waals surface area (Å²) in [5.74, 6) is 0. The smallest absolute Gasteiger partial charge is 0.160 e. The first-order valence-corrected chi connectivity index (χ1v) is 4.30. The molecule has 1 aromatic rings. The molecular weight excluding hydrogens is 180 g/mol. The minimum absolute atomic E-state index is 0.000000000000000222.